The Morgan fingerprint density at radius 2 is 1.42 bits per heavy atom. The van der Waals surface area contributed by atoms with Gasteiger partial charge in [-0.2, -0.15) is 0 Å². The highest BCUT2D eigenvalue weighted by atomic mass is 19.2. The normalized spacial score (nSPS) is 14.7. The number of carbonyl (C=O) groups excluding carboxylic acids is 1. The van der Waals surface area contributed by atoms with E-state index in [0.29, 0.717) is 30.0 Å². The van der Waals surface area contributed by atoms with Gasteiger partial charge in [0, 0.05) is 18.0 Å². The third-order valence-corrected chi connectivity index (χ3v) is 8.02. The number of esters is 1. The summed E-state index contributed by atoms with van der Waals surface area (Å²) >= 11 is 0. The molecule has 0 aliphatic heterocycles. The van der Waals surface area contributed by atoms with Crippen molar-refractivity contribution >= 4 is 5.97 Å². The van der Waals surface area contributed by atoms with Crippen molar-refractivity contribution < 1.29 is 27.4 Å². The number of benzene rings is 2. The molecule has 0 bridgehead atoms. The van der Waals surface area contributed by atoms with E-state index in [9.17, 15) is 13.6 Å². The summed E-state index contributed by atoms with van der Waals surface area (Å²) in [6, 6.07) is 13.8. The fraction of sp³-hybridized carbons (Fsp3) is 0.541. The molecule has 1 heterocycles. The Morgan fingerprint density at radius 1 is 0.822 bits per heavy atom. The van der Waals surface area contributed by atoms with E-state index in [2.05, 4.69) is 23.8 Å². The minimum Gasteiger partial charge on any atom is -0.487 e. The van der Waals surface area contributed by atoms with Crippen molar-refractivity contribution in [3.63, 3.8) is 0 Å². The van der Waals surface area contributed by atoms with Gasteiger partial charge < -0.3 is 9.47 Å². The number of hydrogen-bond acceptors (Lipinski definition) is 5. The van der Waals surface area contributed by atoms with Gasteiger partial charge in [-0.25, -0.2) is 27.9 Å². The summed E-state index contributed by atoms with van der Waals surface area (Å²) in [5.41, 5.74) is 0.0366. The van der Waals surface area contributed by atoms with Gasteiger partial charge in [0.2, 0.25) is 5.67 Å². The second-order valence-corrected chi connectivity index (χ2v) is 12.0. The minimum absolute atomic E-state index is 0.137. The van der Waals surface area contributed by atoms with Crippen LogP contribution in [0.2, 0.25) is 0 Å². The number of hydrogen-bond donors (Lipinski definition) is 0. The van der Waals surface area contributed by atoms with Crippen LogP contribution in [0.5, 0.6) is 11.5 Å². The molecule has 45 heavy (non-hydrogen) atoms. The summed E-state index contributed by atoms with van der Waals surface area (Å²) in [6.07, 6.45) is 9.52. The maximum atomic E-state index is 15.0. The molecule has 2 aromatic carbocycles. The Bertz CT molecular complexity index is 1280. The molecule has 0 aliphatic rings. The lowest BCUT2D eigenvalue weighted by Gasteiger charge is -2.24. The molecule has 0 saturated carbocycles. The molecule has 4 atom stereocenters. The van der Waals surface area contributed by atoms with Crippen molar-refractivity contribution in [2.45, 2.75) is 129 Å². The summed E-state index contributed by atoms with van der Waals surface area (Å²) in [4.78, 5) is 21.6. The van der Waals surface area contributed by atoms with Gasteiger partial charge in [0.25, 0.3) is 0 Å². The molecule has 0 aliphatic carbocycles. The number of ether oxygens (including phenoxy) is 2. The van der Waals surface area contributed by atoms with Gasteiger partial charge in [0.15, 0.2) is 12.0 Å². The van der Waals surface area contributed by atoms with Crippen molar-refractivity contribution in [1.82, 2.24) is 9.97 Å². The predicted octanol–water partition coefficient (Wildman–Crippen LogP) is 10.6. The minimum atomic E-state index is -2.05. The zero-order valence-corrected chi connectivity index (χ0v) is 27.2. The van der Waals surface area contributed by atoms with Crippen molar-refractivity contribution in [3.8, 4) is 34.0 Å². The van der Waals surface area contributed by atoms with Gasteiger partial charge >= 0.3 is 5.97 Å². The molecule has 0 radical (unpaired) electrons. The average molecular weight is 627 g/mol. The van der Waals surface area contributed by atoms with Crippen LogP contribution in [0.1, 0.15) is 105 Å². The van der Waals surface area contributed by atoms with E-state index in [1.165, 1.54) is 33.1 Å². The number of alkyl halides is 3. The van der Waals surface area contributed by atoms with E-state index in [1.807, 2.05) is 6.07 Å². The topological polar surface area (TPSA) is 61.3 Å². The molecule has 0 N–H and O–H groups in total. The molecular weight excluding hydrogens is 577 g/mol. The van der Waals surface area contributed by atoms with Crippen LogP contribution in [0.4, 0.5) is 13.2 Å². The lowest BCUT2D eigenvalue weighted by molar-refractivity contribution is -0.147. The Balaban J connectivity index is 1.62. The second-order valence-electron chi connectivity index (χ2n) is 12.0. The van der Waals surface area contributed by atoms with Crippen molar-refractivity contribution in [2.24, 2.45) is 0 Å². The summed E-state index contributed by atoms with van der Waals surface area (Å²) < 4.78 is 55.1. The van der Waals surface area contributed by atoms with Gasteiger partial charge in [0.1, 0.15) is 23.8 Å². The summed E-state index contributed by atoms with van der Waals surface area (Å²) in [5.74, 6) is 0.160. The van der Waals surface area contributed by atoms with Crippen LogP contribution >= 0.6 is 0 Å². The molecule has 0 amide bonds. The second kappa shape index (κ2) is 18.5. The smallest absolute Gasteiger partial charge is 0.348 e. The van der Waals surface area contributed by atoms with Gasteiger partial charge in [-0.05, 0) is 69.4 Å². The Labute approximate surface area is 267 Å². The zero-order chi connectivity index (χ0) is 32.7. The van der Waals surface area contributed by atoms with Gasteiger partial charge in [0.05, 0.1) is 5.56 Å². The maximum Gasteiger partial charge on any atom is 0.348 e. The summed E-state index contributed by atoms with van der Waals surface area (Å²) in [6.45, 7) is 6.72. The number of halogens is 3. The van der Waals surface area contributed by atoms with Crippen molar-refractivity contribution in [1.29, 1.82) is 0 Å². The molecule has 3 aromatic rings. The van der Waals surface area contributed by atoms with Gasteiger partial charge in [-0.15, -0.1) is 0 Å². The van der Waals surface area contributed by atoms with Crippen LogP contribution in [0.15, 0.2) is 60.9 Å². The molecule has 5 nitrogen and oxygen atoms in total. The Kier molecular flexibility index (Phi) is 14.8. The third-order valence-electron chi connectivity index (χ3n) is 8.02. The summed E-state index contributed by atoms with van der Waals surface area (Å²) in [7, 11) is 0. The quantitative estimate of drug-likeness (QED) is 0.0709. The molecular formula is C37H49F3N2O3. The zero-order valence-electron chi connectivity index (χ0n) is 27.2. The van der Waals surface area contributed by atoms with Crippen LogP contribution in [0, 0.1) is 0 Å². The van der Waals surface area contributed by atoms with Crippen molar-refractivity contribution in [3.05, 3.63) is 60.9 Å². The maximum absolute atomic E-state index is 15.0. The standard InChI is InChI=1S/C37H49F3N2O3/c1-5-7-9-10-11-12-16-24-37(4,40)36(43)44-30-22-20-28(21-23-30)29-25-41-35(42-26-29)31-17-14-15-18-32(31)45-33(19-13-8-6-2)34(39)27(3)38/h14-15,17-18,20-23,25-27,33-34H,5-13,16,19,24H2,1-4H3. The lowest BCUT2D eigenvalue weighted by atomic mass is 9.99. The first-order valence-electron chi connectivity index (χ1n) is 16.5. The largest absolute Gasteiger partial charge is 0.487 e. The highest BCUT2D eigenvalue weighted by Gasteiger charge is 2.34. The fourth-order valence-corrected chi connectivity index (χ4v) is 5.15. The number of rotatable bonds is 20. The average Bonchev–Trinajstić information content (AvgIpc) is 3.04. The van der Waals surface area contributed by atoms with E-state index in [0.717, 1.165) is 49.7 Å². The highest BCUT2D eigenvalue weighted by Crippen LogP contribution is 2.32. The highest BCUT2D eigenvalue weighted by molar-refractivity contribution is 5.81. The lowest BCUT2D eigenvalue weighted by Crippen LogP contribution is -2.34. The van der Waals surface area contributed by atoms with E-state index < -0.39 is 30.1 Å². The molecule has 4 unspecified atom stereocenters. The van der Waals surface area contributed by atoms with Crippen LogP contribution in [-0.2, 0) is 4.79 Å². The van der Waals surface area contributed by atoms with E-state index in [-0.39, 0.29) is 12.2 Å². The number of unbranched alkanes of at least 4 members (excludes halogenated alkanes) is 8. The molecule has 0 spiro atoms. The molecule has 0 saturated heterocycles. The van der Waals surface area contributed by atoms with Crippen LogP contribution in [-0.4, -0.2) is 40.1 Å². The SMILES string of the molecule is CCCCCCCCCC(C)(F)C(=O)Oc1ccc(-c2cnc(-c3ccccc3OC(CCCCC)C(F)C(C)F)nc2)cc1. The fourth-order valence-electron chi connectivity index (χ4n) is 5.15. The number of aromatic nitrogens is 2. The van der Waals surface area contributed by atoms with Crippen molar-refractivity contribution in [2.75, 3.05) is 0 Å². The first-order chi connectivity index (χ1) is 21.7. The molecule has 1 aromatic heterocycles. The van der Waals surface area contributed by atoms with E-state index >= 15 is 4.39 Å². The first kappa shape index (κ1) is 36.1. The number of para-hydroxylation sites is 1. The van der Waals surface area contributed by atoms with E-state index in [1.54, 1.807) is 54.9 Å². The number of nitrogens with zero attached hydrogens (tertiary/aromatic N) is 2. The van der Waals surface area contributed by atoms with E-state index in [4.69, 9.17) is 9.47 Å². The Morgan fingerprint density at radius 3 is 2.07 bits per heavy atom. The third kappa shape index (κ3) is 11.5. The predicted molar refractivity (Wildman–Crippen MR) is 175 cm³/mol. The van der Waals surface area contributed by atoms with Gasteiger partial charge in [-0.3, -0.25) is 0 Å². The van der Waals surface area contributed by atoms with Crippen LogP contribution in [0.3, 0.4) is 0 Å². The van der Waals surface area contributed by atoms with Crippen LogP contribution < -0.4 is 9.47 Å². The monoisotopic (exact) mass is 626 g/mol. The molecule has 0 fully saturated rings. The van der Waals surface area contributed by atoms with Crippen LogP contribution in [0.25, 0.3) is 22.5 Å². The molecule has 8 heteroatoms. The number of carbonyl (C=O) groups is 1. The molecule has 246 valence electrons. The summed E-state index contributed by atoms with van der Waals surface area (Å²) in [5, 5.41) is 0. The first-order valence-corrected chi connectivity index (χ1v) is 16.5. The molecule has 3 rings (SSSR count). The Hall–Kier alpha value is -3.42. The van der Waals surface area contributed by atoms with Gasteiger partial charge in [-0.1, -0.05) is 89.5 Å².